The number of halogens is 1. The minimum atomic E-state index is -0.476. The Morgan fingerprint density at radius 1 is 0.861 bits per heavy atom. The largest absolute Gasteiger partial charge is 0.497 e. The van der Waals surface area contributed by atoms with Gasteiger partial charge in [-0.05, 0) is 78.4 Å². The molecule has 1 amide bonds. The van der Waals surface area contributed by atoms with Gasteiger partial charge in [0.1, 0.15) is 35.8 Å². The molecule has 1 aliphatic rings. The van der Waals surface area contributed by atoms with Crippen LogP contribution in [-0.4, -0.2) is 20.1 Å². The van der Waals surface area contributed by atoms with Crippen LogP contribution < -0.4 is 24.4 Å². The summed E-state index contributed by atoms with van der Waals surface area (Å²) in [5, 5.41) is 3.52. The summed E-state index contributed by atoms with van der Waals surface area (Å²) >= 11 is 0. The first kappa shape index (κ1) is 23.2. The van der Waals surface area contributed by atoms with E-state index in [1.54, 1.807) is 31.3 Å². The van der Waals surface area contributed by atoms with Gasteiger partial charge in [0.25, 0.3) is 5.91 Å². The number of methoxy groups -OCH3 is 2. The molecule has 0 saturated heterocycles. The second kappa shape index (κ2) is 10.00. The van der Waals surface area contributed by atoms with Crippen molar-refractivity contribution >= 4 is 17.3 Å². The summed E-state index contributed by atoms with van der Waals surface area (Å²) in [6.07, 6.45) is -0.476. The van der Waals surface area contributed by atoms with Crippen LogP contribution in [0.2, 0.25) is 0 Å². The Bertz CT molecular complexity index is 1370. The van der Waals surface area contributed by atoms with Crippen LogP contribution >= 0.6 is 0 Å². The number of nitrogens with one attached hydrogen (secondary N) is 1. The molecule has 4 aromatic rings. The Hall–Kier alpha value is -4.52. The molecular formula is C29H25FN2O4. The molecule has 182 valence electrons. The van der Waals surface area contributed by atoms with Crippen LogP contribution in [0.25, 0.3) is 0 Å². The van der Waals surface area contributed by atoms with Crippen LogP contribution in [-0.2, 0) is 6.61 Å². The topological polar surface area (TPSA) is 60.0 Å². The fourth-order valence-electron chi connectivity index (χ4n) is 4.27. The maximum atomic E-state index is 13.7. The van der Waals surface area contributed by atoms with Crippen molar-refractivity contribution < 1.29 is 23.4 Å². The van der Waals surface area contributed by atoms with Crippen molar-refractivity contribution in [1.29, 1.82) is 0 Å². The number of ether oxygens (including phenoxy) is 3. The highest BCUT2D eigenvalue weighted by atomic mass is 19.1. The third-order valence-corrected chi connectivity index (χ3v) is 6.11. The van der Waals surface area contributed by atoms with Gasteiger partial charge in [-0.15, -0.1) is 0 Å². The fraction of sp³-hybridized carbons (Fsp3) is 0.138. The fourth-order valence-corrected chi connectivity index (χ4v) is 4.27. The van der Waals surface area contributed by atoms with Crippen molar-refractivity contribution in [3.05, 3.63) is 114 Å². The summed E-state index contributed by atoms with van der Waals surface area (Å²) in [7, 11) is 3.20. The second-order valence-electron chi connectivity index (χ2n) is 8.28. The Balaban J connectivity index is 1.52. The SMILES string of the molecule is COc1ccc(N2C(=O)c3ccccc3NC2c2ccc(OC)c(COc3ccc(F)cc3)c2)cc1. The van der Waals surface area contributed by atoms with Gasteiger partial charge in [0.05, 0.1) is 19.8 Å². The monoisotopic (exact) mass is 484 g/mol. The number of carbonyl (C=O) groups is 1. The molecule has 0 radical (unpaired) electrons. The molecule has 0 aliphatic carbocycles. The van der Waals surface area contributed by atoms with Crippen LogP contribution in [0.15, 0.2) is 91.0 Å². The molecule has 36 heavy (non-hydrogen) atoms. The molecule has 0 spiro atoms. The van der Waals surface area contributed by atoms with Gasteiger partial charge in [0.2, 0.25) is 0 Å². The van der Waals surface area contributed by atoms with Crippen LogP contribution in [0.4, 0.5) is 15.8 Å². The Morgan fingerprint density at radius 2 is 1.58 bits per heavy atom. The van der Waals surface area contributed by atoms with Crippen molar-refractivity contribution in [2.45, 2.75) is 12.8 Å². The lowest BCUT2D eigenvalue weighted by Gasteiger charge is -2.38. The number of carbonyl (C=O) groups excluding carboxylic acids is 1. The molecule has 0 fully saturated rings. The van der Waals surface area contributed by atoms with E-state index in [0.717, 1.165) is 22.5 Å². The van der Waals surface area contributed by atoms with E-state index in [1.165, 1.54) is 12.1 Å². The lowest BCUT2D eigenvalue weighted by Crippen LogP contribution is -2.43. The van der Waals surface area contributed by atoms with E-state index in [9.17, 15) is 9.18 Å². The van der Waals surface area contributed by atoms with Crippen molar-refractivity contribution in [3.8, 4) is 17.2 Å². The van der Waals surface area contributed by atoms with Gasteiger partial charge < -0.3 is 19.5 Å². The number of rotatable bonds is 7. The summed E-state index contributed by atoms with van der Waals surface area (Å²) < 4.78 is 30.0. The quantitative estimate of drug-likeness (QED) is 0.339. The van der Waals surface area contributed by atoms with Gasteiger partial charge in [0, 0.05) is 16.9 Å². The standard InChI is InChI=1S/C29H25FN2O4/c1-34-23-14-10-22(11-15-23)32-28(31-26-6-4-3-5-25(26)29(32)33)19-7-16-27(35-2)20(17-19)18-36-24-12-8-21(30)9-13-24/h3-17,28,31H,18H2,1-2H3. The molecule has 5 rings (SSSR count). The molecule has 0 aromatic heterocycles. The summed E-state index contributed by atoms with van der Waals surface area (Å²) in [6.45, 7) is 0.211. The van der Waals surface area contributed by atoms with Crippen LogP contribution in [0, 0.1) is 5.82 Å². The van der Waals surface area contributed by atoms with Gasteiger partial charge in [-0.25, -0.2) is 4.39 Å². The van der Waals surface area contributed by atoms with Gasteiger partial charge >= 0.3 is 0 Å². The molecule has 4 aromatic carbocycles. The minimum absolute atomic E-state index is 0.112. The van der Waals surface area contributed by atoms with Crippen molar-refractivity contribution in [2.75, 3.05) is 24.4 Å². The molecule has 1 N–H and O–H groups in total. The molecule has 0 saturated carbocycles. The Labute approximate surface area is 208 Å². The van der Waals surface area contributed by atoms with Crippen LogP contribution in [0.1, 0.15) is 27.7 Å². The Morgan fingerprint density at radius 3 is 2.31 bits per heavy atom. The lowest BCUT2D eigenvalue weighted by atomic mass is 10.0. The zero-order chi connectivity index (χ0) is 25.1. The third kappa shape index (κ3) is 4.55. The van der Waals surface area contributed by atoms with E-state index >= 15 is 0 Å². The van der Waals surface area contributed by atoms with Crippen molar-refractivity contribution in [3.63, 3.8) is 0 Å². The molecule has 0 bridgehead atoms. The van der Waals surface area contributed by atoms with Crippen molar-refractivity contribution in [1.82, 2.24) is 0 Å². The lowest BCUT2D eigenvalue weighted by molar-refractivity contribution is 0.0975. The number of fused-ring (bicyclic) bond motifs is 1. The number of benzene rings is 4. The molecule has 7 heteroatoms. The number of hydrogen-bond donors (Lipinski definition) is 1. The maximum absolute atomic E-state index is 13.7. The molecular weight excluding hydrogens is 459 g/mol. The van der Waals surface area contributed by atoms with E-state index in [-0.39, 0.29) is 18.3 Å². The number of anilines is 2. The molecule has 1 unspecified atom stereocenters. The van der Waals surface area contributed by atoms with Gasteiger partial charge in [-0.2, -0.15) is 0 Å². The summed E-state index contributed by atoms with van der Waals surface area (Å²) in [5.41, 5.74) is 3.73. The minimum Gasteiger partial charge on any atom is -0.497 e. The smallest absolute Gasteiger partial charge is 0.262 e. The average Bonchev–Trinajstić information content (AvgIpc) is 2.92. The predicted molar refractivity (Wildman–Crippen MR) is 136 cm³/mol. The first-order valence-corrected chi connectivity index (χ1v) is 11.5. The molecule has 1 aliphatic heterocycles. The number of para-hydroxylation sites is 1. The van der Waals surface area contributed by atoms with Crippen LogP contribution in [0.3, 0.4) is 0 Å². The summed E-state index contributed by atoms with van der Waals surface area (Å²) in [6, 6.07) is 26.4. The zero-order valence-corrected chi connectivity index (χ0v) is 19.9. The number of amides is 1. The van der Waals surface area contributed by atoms with Gasteiger partial charge in [-0.3, -0.25) is 9.69 Å². The maximum Gasteiger partial charge on any atom is 0.262 e. The highest BCUT2D eigenvalue weighted by molar-refractivity contribution is 6.12. The van der Waals surface area contributed by atoms with Gasteiger partial charge in [-0.1, -0.05) is 18.2 Å². The summed E-state index contributed by atoms with van der Waals surface area (Å²) in [4.78, 5) is 15.4. The molecule has 1 atom stereocenters. The number of nitrogens with zero attached hydrogens (tertiary/aromatic N) is 1. The highest BCUT2D eigenvalue weighted by Gasteiger charge is 2.34. The van der Waals surface area contributed by atoms with E-state index in [1.807, 2.05) is 66.7 Å². The first-order chi connectivity index (χ1) is 17.6. The van der Waals surface area contributed by atoms with E-state index in [4.69, 9.17) is 14.2 Å². The summed E-state index contributed by atoms with van der Waals surface area (Å²) in [5.74, 6) is 1.47. The Kier molecular flexibility index (Phi) is 6.45. The third-order valence-electron chi connectivity index (χ3n) is 6.11. The van der Waals surface area contributed by atoms with Crippen LogP contribution in [0.5, 0.6) is 17.2 Å². The number of hydrogen-bond acceptors (Lipinski definition) is 5. The normalized spacial score (nSPS) is 14.6. The van der Waals surface area contributed by atoms with Crippen molar-refractivity contribution in [2.24, 2.45) is 0 Å². The first-order valence-electron chi connectivity index (χ1n) is 11.5. The van der Waals surface area contributed by atoms with Gasteiger partial charge in [0.15, 0.2) is 0 Å². The highest BCUT2D eigenvalue weighted by Crippen LogP contribution is 2.38. The molecule has 1 heterocycles. The van der Waals surface area contributed by atoms with E-state index in [0.29, 0.717) is 22.8 Å². The van der Waals surface area contributed by atoms with E-state index < -0.39 is 6.17 Å². The predicted octanol–water partition coefficient (Wildman–Crippen LogP) is 6.19. The zero-order valence-electron chi connectivity index (χ0n) is 19.9. The van der Waals surface area contributed by atoms with E-state index in [2.05, 4.69) is 5.32 Å². The second-order valence-corrected chi connectivity index (χ2v) is 8.28. The average molecular weight is 485 g/mol. The molecule has 6 nitrogen and oxygen atoms in total.